The molecule has 0 saturated heterocycles. The number of benzene rings is 1. The molecule has 0 unspecified atom stereocenters. The Morgan fingerprint density at radius 2 is 1.86 bits per heavy atom. The Balaban J connectivity index is 3.02. The molecule has 21 heavy (non-hydrogen) atoms. The average Bonchev–Trinajstić information content (AvgIpc) is 2.35. The van der Waals surface area contributed by atoms with Crippen LogP contribution in [0.25, 0.3) is 0 Å². The van der Waals surface area contributed by atoms with Gasteiger partial charge in [0.25, 0.3) is 0 Å². The number of hydrogen-bond donors (Lipinski definition) is 1. The van der Waals surface area contributed by atoms with Crippen LogP contribution in [-0.2, 0) is 15.8 Å². The molecule has 0 radical (unpaired) electrons. The van der Waals surface area contributed by atoms with Crippen molar-refractivity contribution in [3.05, 3.63) is 35.4 Å². The molecule has 0 bridgehead atoms. The first-order chi connectivity index (χ1) is 9.63. The molecule has 6 heteroatoms. The fourth-order valence-electron chi connectivity index (χ4n) is 2.09. The first-order valence-electron chi connectivity index (χ1n) is 6.95. The Morgan fingerprint density at radius 1 is 1.24 bits per heavy atom. The zero-order valence-corrected chi connectivity index (χ0v) is 13.7. The summed E-state index contributed by atoms with van der Waals surface area (Å²) in [5.74, 6) is -1.01. The third-order valence-electron chi connectivity index (χ3n) is 3.00. The minimum atomic E-state index is -3.47. The van der Waals surface area contributed by atoms with E-state index in [1.165, 1.54) is 16.4 Å². The summed E-state index contributed by atoms with van der Waals surface area (Å²) in [6.45, 7) is 8.08. The molecule has 5 nitrogen and oxygen atoms in total. The molecule has 0 aliphatic rings. The van der Waals surface area contributed by atoms with Crippen molar-refractivity contribution < 1.29 is 18.3 Å². The van der Waals surface area contributed by atoms with E-state index in [-0.39, 0.29) is 23.3 Å². The minimum absolute atomic E-state index is 0.0997. The van der Waals surface area contributed by atoms with Crippen LogP contribution >= 0.6 is 0 Å². The van der Waals surface area contributed by atoms with Crippen LogP contribution in [0, 0.1) is 5.92 Å². The maximum absolute atomic E-state index is 12.5. The second kappa shape index (κ2) is 7.04. The van der Waals surface area contributed by atoms with E-state index >= 15 is 0 Å². The van der Waals surface area contributed by atoms with Crippen molar-refractivity contribution in [2.45, 2.75) is 39.5 Å². The quantitative estimate of drug-likeness (QED) is 0.839. The van der Waals surface area contributed by atoms with Gasteiger partial charge in [0.1, 0.15) is 0 Å². The third-order valence-corrected chi connectivity index (χ3v) is 4.98. The van der Waals surface area contributed by atoms with Gasteiger partial charge in [0, 0.05) is 12.6 Å². The van der Waals surface area contributed by atoms with E-state index < -0.39 is 16.0 Å². The van der Waals surface area contributed by atoms with Gasteiger partial charge in [-0.15, -0.1) is 0 Å². The van der Waals surface area contributed by atoms with Crippen molar-refractivity contribution in [3.63, 3.8) is 0 Å². The van der Waals surface area contributed by atoms with Crippen LogP contribution in [-0.4, -0.2) is 36.4 Å². The fourth-order valence-corrected chi connectivity index (χ4v) is 4.03. The number of carboxylic acid groups (broad SMARTS) is 1. The van der Waals surface area contributed by atoms with Gasteiger partial charge in [0.2, 0.25) is 10.0 Å². The zero-order valence-electron chi connectivity index (χ0n) is 12.9. The number of aromatic carboxylic acids is 1. The SMILES string of the molecule is CC(C)CN(C(C)C)S(=O)(=O)Cc1cccc(C(=O)O)c1. The first kappa shape index (κ1) is 17.7. The summed E-state index contributed by atoms with van der Waals surface area (Å²) in [5.41, 5.74) is 0.590. The van der Waals surface area contributed by atoms with Crippen LogP contribution in [0.1, 0.15) is 43.6 Å². The molecule has 0 heterocycles. The van der Waals surface area contributed by atoms with Crippen molar-refractivity contribution in [1.29, 1.82) is 0 Å². The van der Waals surface area contributed by atoms with E-state index in [1.54, 1.807) is 12.1 Å². The third kappa shape index (κ3) is 5.13. The van der Waals surface area contributed by atoms with Gasteiger partial charge in [-0.25, -0.2) is 13.2 Å². The lowest BCUT2D eigenvalue weighted by Gasteiger charge is -2.27. The second-order valence-electron chi connectivity index (χ2n) is 5.82. The molecule has 0 aliphatic carbocycles. The highest BCUT2D eigenvalue weighted by molar-refractivity contribution is 7.88. The smallest absolute Gasteiger partial charge is 0.335 e. The normalized spacial score (nSPS) is 12.3. The van der Waals surface area contributed by atoms with Gasteiger partial charge in [-0.1, -0.05) is 26.0 Å². The number of nitrogens with zero attached hydrogens (tertiary/aromatic N) is 1. The van der Waals surface area contributed by atoms with Crippen LogP contribution in [0.3, 0.4) is 0 Å². The van der Waals surface area contributed by atoms with Crippen LogP contribution in [0.4, 0.5) is 0 Å². The number of rotatable bonds is 7. The molecule has 0 aromatic heterocycles. The summed E-state index contributed by atoms with van der Waals surface area (Å²) in [6.07, 6.45) is 0. The molecule has 0 saturated carbocycles. The van der Waals surface area contributed by atoms with Gasteiger partial charge in [0.05, 0.1) is 11.3 Å². The molecule has 0 fully saturated rings. The highest BCUT2D eigenvalue weighted by Crippen LogP contribution is 2.17. The van der Waals surface area contributed by atoms with Crippen molar-refractivity contribution in [2.24, 2.45) is 5.92 Å². The predicted molar refractivity (Wildman–Crippen MR) is 82.7 cm³/mol. The van der Waals surface area contributed by atoms with Gasteiger partial charge in [-0.2, -0.15) is 4.31 Å². The number of carboxylic acids is 1. The van der Waals surface area contributed by atoms with Gasteiger partial charge < -0.3 is 5.11 Å². The zero-order chi connectivity index (χ0) is 16.2. The Bertz CT molecular complexity index is 593. The lowest BCUT2D eigenvalue weighted by Crippen LogP contribution is -2.40. The lowest BCUT2D eigenvalue weighted by molar-refractivity contribution is 0.0696. The predicted octanol–water partition coefficient (Wildman–Crippen LogP) is 2.58. The maximum atomic E-state index is 12.5. The molecule has 0 aliphatic heterocycles. The average molecular weight is 313 g/mol. The van der Waals surface area contributed by atoms with Gasteiger partial charge >= 0.3 is 5.97 Å². The Hall–Kier alpha value is -1.40. The van der Waals surface area contributed by atoms with E-state index in [2.05, 4.69) is 0 Å². The van der Waals surface area contributed by atoms with Crippen LogP contribution in [0.15, 0.2) is 24.3 Å². The molecular weight excluding hydrogens is 290 g/mol. The van der Waals surface area contributed by atoms with Crippen molar-refractivity contribution in [3.8, 4) is 0 Å². The topological polar surface area (TPSA) is 74.7 Å². The number of sulfonamides is 1. The van der Waals surface area contributed by atoms with Crippen molar-refractivity contribution >= 4 is 16.0 Å². The molecule has 118 valence electrons. The van der Waals surface area contributed by atoms with Crippen LogP contribution in [0.2, 0.25) is 0 Å². The molecule has 1 aromatic rings. The summed E-state index contributed by atoms with van der Waals surface area (Å²) in [5, 5.41) is 8.96. The standard InChI is InChI=1S/C15H23NO4S/c1-11(2)9-16(12(3)4)21(19,20)10-13-6-5-7-14(8-13)15(17)18/h5-8,11-12H,9-10H2,1-4H3,(H,17,18). The van der Waals surface area contributed by atoms with Gasteiger partial charge in [-0.3, -0.25) is 0 Å². The molecule has 0 atom stereocenters. The lowest BCUT2D eigenvalue weighted by atomic mass is 10.1. The summed E-state index contributed by atoms with van der Waals surface area (Å²) in [6, 6.07) is 5.94. The summed E-state index contributed by atoms with van der Waals surface area (Å²) < 4.78 is 26.6. The van der Waals surface area contributed by atoms with E-state index in [0.717, 1.165) is 0 Å². The second-order valence-corrected chi connectivity index (χ2v) is 7.74. The maximum Gasteiger partial charge on any atom is 0.335 e. The highest BCUT2D eigenvalue weighted by atomic mass is 32.2. The van der Waals surface area contributed by atoms with Crippen LogP contribution < -0.4 is 0 Å². The molecule has 1 N–H and O–H groups in total. The molecular formula is C15H23NO4S. The van der Waals surface area contributed by atoms with Crippen molar-refractivity contribution in [2.75, 3.05) is 6.54 Å². The fraction of sp³-hybridized carbons (Fsp3) is 0.533. The molecule has 0 amide bonds. The van der Waals surface area contributed by atoms with Crippen molar-refractivity contribution in [1.82, 2.24) is 4.31 Å². The number of carbonyl (C=O) groups is 1. The Morgan fingerprint density at radius 3 is 2.33 bits per heavy atom. The largest absolute Gasteiger partial charge is 0.478 e. The highest BCUT2D eigenvalue weighted by Gasteiger charge is 2.26. The minimum Gasteiger partial charge on any atom is -0.478 e. The Labute approximate surface area is 126 Å². The van der Waals surface area contributed by atoms with E-state index in [0.29, 0.717) is 12.1 Å². The van der Waals surface area contributed by atoms with E-state index in [1.807, 2.05) is 27.7 Å². The summed E-state index contributed by atoms with van der Waals surface area (Å²) in [7, 11) is -3.47. The molecule has 1 rings (SSSR count). The van der Waals surface area contributed by atoms with E-state index in [4.69, 9.17) is 5.11 Å². The number of hydrogen-bond acceptors (Lipinski definition) is 3. The van der Waals surface area contributed by atoms with Gasteiger partial charge in [-0.05, 0) is 37.5 Å². The summed E-state index contributed by atoms with van der Waals surface area (Å²) >= 11 is 0. The van der Waals surface area contributed by atoms with Gasteiger partial charge in [0.15, 0.2) is 0 Å². The monoisotopic (exact) mass is 313 g/mol. The first-order valence-corrected chi connectivity index (χ1v) is 8.56. The Kier molecular flexibility index (Phi) is 5.92. The van der Waals surface area contributed by atoms with Crippen LogP contribution in [0.5, 0.6) is 0 Å². The molecule has 1 aromatic carbocycles. The van der Waals surface area contributed by atoms with E-state index in [9.17, 15) is 13.2 Å². The summed E-state index contributed by atoms with van der Waals surface area (Å²) in [4.78, 5) is 10.9. The molecule has 0 spiro atoms.